The van der Waals surface area contributed by atoms with Crippen LogP contribution in [-0.2, 0) is 16.1 Å². The summed E-state index contributed by atoms with van der Waals surface area (Å²) >= 11 is 0. The third-order valence-electron chi connectivity index (χ3n) is 4.57. The Labute approximate surface area is 123 Å². The van der Waals surface area contributed by atoms with Gasteiger partial charge in [0.15, 0.2) is 0 Å². The predicted octanol–water partition coefficient (Wildman–Crippen LogP) is 2.65. The normalized spacial score (nSPS) is 22.9. The van der Waals surface area contributed by atoms with Crippen molar-refractivity contribution in [3.05, 3.63) is 35.9 Å². The Kier molecular flexibility index (Phi) is 3.57. The van der Waals surface area contributed by atoms with Gasteiger partial charge in [0.1, 0.15) is 12.6 Å². The van der Waals surface area contributed by atoms with Gasteiger partial charge in [-0.2, -0.15) is 0 Å². The molecule has 1 aromatic rings. The van der Waals surface area contributed by atoms with Crippen molar-refractivity contribution in [3.8, 4) is 0 Å². The van der Waals surface area contributed by atoms with Gasteiger partial charge in [-0.15, -0.1) is 0 Å². The second-order valence-corrected chi connectivity index (χ2v) is 6.04. The zero-order chi connectivity index (χ0) is 14.9. The van der Waals surface area contributed by atoms with Crippen molar-refractivity contribution in [1.29, 1.82) is 0 Å². The Bertz CT molecular complexity index is 538. The molecule has 1 aliphatic carbocycles. The standard InChI is InChI=1S/C16H19NO4/c18-14(19)13-10-16(6-7-16)8-9-17(13)15(20)21-11-12-4-2-1-3-5-12/h1-5,13H,6-11H2,(H,18,19). The minimum absolute atomic E-state index is 0.174. The maximum atomic E-state index is 12.2. The van der Waals surface area contributed by atoms with Gasteiger partial charge in [-0.25, -0.2) is 9.59 Å². The van der Waals surface area contributed by atoms with Gasteiger partial charge in [0, 0.05) is 6.54 Å². The van der Waals surface area contributed by atoms with E-state index < -0.39 is 18.1 Å². The molecule has 1 N–H and O–H groups in total. The van der Waals surface area contributed by atoms with Crippen LogP contribution in [0.4, 0.5) is 4.79 Å². The number of carboxylic acids is 1. The number of piperidine rings is 1. The Morgan fingerprint density at radius 1 is 1.24 bits per heavy atom. The first-order valence-electron chi connectivity index (χ1n) is 7.30. The summed E-state index contributed by atoms with van der Waals surface area (Å²) in [5.41, 5.74) is 1.08. The molecule has 5 nitrogen and oxygen atoms in total. The lowest BCUT2D eigenvalue weighted by Gasteiger charge is -2.36. The van der Waals surface area contributed by atoms with E-state index >= 15 is 0 Å². The number of hydrogen-bond donors (Lipinski definition) is 1. The van der Waals surface area contributed by atoms with E-state index in [1.165, 1.54) is 4.90 Å². The molecule has 1 atom stereocenters. The highest BCUT2D eigenvalue weighted by Gasteiger charge is 2.51. The number of aliphatic carboxylic acids is 1. The van der Waals surface area contributed by atoms with Gasteiger partial charge in [-0.3, -0.25) is 4.90 Å². The summed E-state index contributed by atoms with van der Waals surface area (Å²) in [5, 5.41) is 9.35. The molecule has 2 fully saturated rings. The summed E-state index contributed by atoms with van der Waals surface area (Å²) in [6, 6.07) is 8.65. The Balaban J connectivity index is 1.61. The zero-order valence-electron chi connectivity index (χ0n) is 11.8. The molecule has 1 heterocycles. The highest BCUT2D eigenvalue weighted by atomic mass is 16.6. The number of rotatable bonds is 3. The average Bonchev–Trinajstić information content (AvgIpc) is 3.25. The van der Waals surface area contributed by atoms with Crippen molar-refractivity contribution in [2.75, 3.05) is 6.54 Å². The molecule has 1 aliphatic heterocycles. The van der Waals surface area contributed by atoms with E-state index in [2.05, 4.69) is 0 Å². The summed E-state index contributed by atoms with van der Waals surface area (Å²) in [4.78, 5) is 24.9. The van der Waals surface area contributed by atoms with E-state index in [1.54, 1.807) is 0 Å². The number of carbonyl (C=O) groups excluding carboxylic acids is 1. The van der Waals surface area contributed by atoms with Crippen molar-refractivity contribution < 1.29 is 19.4 Å². The van der Waals surface area contributed by atoms with Gasteiger partial charge in [-0.1, -0.05) is 30.3 Å². The van der Waals surface area contributed by atoms with Crippen LogP contribution in [0, 0.1) is 5.41 Å². The lowest BCUT2D eigenvalue weighted by molar-refractivity contribution is -0.145. The first kappa shape index (κ1) is 13.9. The summed E-state index contributed by atoms with van der Waals surface area (Å²) in [6.45, 7) is 0.651. The quantitative estimate of drug-likeness (QED) is 0.929. The third kappa shape index (κ3) is 3.01. The number of carboxylic acid groups (broad SMARTS) is 1. The smallest absolute Gasteiger partial charge is 0.410 e. The van der Waals surface area contributed by atoms with Crippen LogP contribution in [0.3, 0.4) is 0 Å². The molecule has 0 bridgehead atoms. The molecule has 1 amide bonds. The molecule has 2 aliphatic rings. The van der Waals surface area contributed by atoms with Crippen molar-refractivity contribution in [2.24, 2.45) is 5.41 Å². The van der Waals surface area contributed by atoms with Gasteiger partial charge in [-0.05, 0) is 36.7 Å². The van der Waals surface area contributed by atoms with Crippen LogP contribution in [-0.4, -0.2) is 34.7 Å². The second-order valence-electron chi connectivity index (χ2n) is 6.04. The Morgan fingerprint density at radius 2 is 1.95 bits per heavy atom. The van der Waals surface area contributed by atoms with Crippen LogP contribution in [0.25, 0.3) is 0 Å². The summed E-state index contributed by atoms with van der Waals surface area (Å²) in [7, 11) is 0. The summed E-state index contributed by atoms with van der Waals surface area (Å²) in [5.74, 6) is -0.933. The monoisotopic (exact) mass is 289 g/mol. The molecule has 1 saturated heterocycles. The molecule has 1 spiro atoms. The van der Waals surface area contributed by atoms with Gasteiger partial charge in [0.25, 0.3) is 0 Å². The molecule has 1 saturated carbocycles. The number of ether oxygens (including phenoxy) is 1. The lowest BCUT2D eigenvalue weighted by Crippen LogP contribution is -2.50. The zero-order valence-corrected chi connectivity index (χ0v) is 11.8. The van der Waals surface area contributed by atoms with Crippen molar-refractivity contribution in [3.63, 3.8) is 0 Å². The fraction of sp³-hybridized carbons (Fsp3) is 0.500. The fourth-order valence-electron chi connectivity index (χ4n) is 3.01. The van der Waals surface area contributed by atoms with E-state index in [9.17, 15) is 14.7 Å². The highest BCUT2D eigenvalue weighted by molar-refractivity contribution is 5.80. The van der Waals surface area contributed by atoms with E-state index in [0.29, 0.717) is 13.0 Å². The number of carbonyl (C=O) groups is 2. The third-order valence-corrected chi connectivity index (χ3v) is 4.57. The fourth-order valence-corrected chi connectivity index (χ4v) is 3.01. The number of likely N-dealkylation sites (tertiary alicyclic amines) is 1. The number of amides is 1. The topological polar surface area (TPSA) is 66.8 Å². The largest absolute Gasteiger partial charge is 0.480 e. The molecular weight excluding hydrogens is 270 g/mol. The second kappa shape index (κ2) is 5.39. The van der Waals surface area contributed by atoms with E-state index in [1.807, 2.05) is 30.3 Å². The molecule has 3 rings (SSSR count). The molecule has 21 heavy (non-hydrogen) atoms. The molecular formula is C16H19NO4. The maximum absolute atomic E-state index is 12.2. The molecule has 1 aromatic carbocycles. The minimum atomic E-state index is -0.933. The molecule has 112 valence electrons. The first-order chi connectivity index (χ1) is 10.1. The summed E-state index contributed by atoms with van der Waals surface area (Å²) in [6.07, 6.45) is 3.09. The van der Waals surface area contributed by atoms with Gasteiger partial charge in [0.2, 0.25) is 0 Å². The predicted molar refractivity (Wildman–Crippen MR) is 75.7 cm³/mol. The number of benzene rings is 1. The SMILES string of the molecule is O=C(O)C1CC2(CCN1C(=O)OCc1ccccc1)CC2. The summed E-state index contributed by atoms with van der Waals surface area (Å²) < 4.78 is 5.26. The van der Waals surface area contributed by atoms with Crippen LogP contribution in [0.1, 0.15) is 31.2 Å². The molecule has 5 heteroatoms. The maximum Gasteiger partial charge on any atom is 0.410 e. The first-order valence-corrected chi connectivity index (χ1v) is 7.30. The van der Waals surface area contributed by atoms with Crippen LogP contribution < -0.4 is 0 Å². The van der Waals surface area contributed by atoms with Gasteiger partial charge < -0.3 is 9.84 Å². The van der Waals surface area contributed by atoms with Crippen molar-refractivity contribution >= 4 is 12.1 Å². The minimum Gasteiger partial charge on any atom is -0.480 e. The van der Waals surface area contributed by atoms with Gasteiger partial charge >= 0.3 is 12.1 Å². The number of nitrogens with zero attached hydrogens (tertiary/aromatic N) is 1. The van der Waals surface area contributed by atoms with E-state index in [-0.39, 0.29) is 12.0 Å². The van der Waals surface area contributed by atoms with Gasteiger partial charge in [0.05, 0.1) is 0 Å². The molecule has 0 radical (unpaired) electrons. The highest BCUT2D eigenvalue weighted by Crippen LogP contribution is 2.55. The Hall–Kier alpha value is -2.04. The van der Waals surface area contributed by atoms with Crippen LogP contribution in [0.2, 0.25) is 0 Å². The molecule has 1 unspecified atom stereocenters. The number of hydrogen-bond acceptors (Lipinski definition) is 3. The lowest BCUT2D eigenvalue weighted by atomic mass is 9.88. The average molecular weight is 289 g/mol. The van der Waals surface area contributed by atoms with E-state index in [0.717, 1.165) is 24.8 Å². The Morgan fingerprint density at radius 3 is 2.57 bits per heavy atom. The van der Waals surface area contributed by atoms with E-state index in [4.69, 9.17) is 4.74 Å². The van der Waals surface area contributed by atoms with Crippen LogP contribution >= 0.6 is 0 Å². The molecule has 0 aromatic heterocycles. The van der Waals surface area contributed by atoms with Crippen molar-refractivity contribution in [1.82, 2.24) is 4.90 Å². The van der Waals surface area contributed by atoms with Crippen molar-refractivity contribution in [2.45, 2.75) is 38.3 Å². The van der Waals surface area contributed by atoms with Crippen LogP contribution in [0.15, 0.2) is 30.3 Å². The van der Waals surface area contributed by atoms with Crippen LogP contribution in [0.5, 0.6) is 0 Å².